The van der Waals surface area contributed by atoms with Crippen LogP contribution in [0, 0.1) is 0 Å². The lowest BCUT2D eigenvalue weighted by atomic mass is 9.83. The van der Waals surface area contributed by atoms with Crippen LogP contribution in [0.2, 0.25) is 0 Å². The molecule has 4 heteroatoms. The van der Waals surface area contributed by atoms with E-state index < -0.39 is 0 Å². The summed E-state index contributed by atoms with van der Waals surface area (Å²) < 4.78 is 11.3. The zero-order valence-electron chi connectivity index (χ0n) is 18.7. The van der Waals surface area contributed by atoms with Crippen LogP contribution in [0.4, 0.5) is 0 Å². The van der Waals surface area contributed by atoms with Crippen LogP contribution >= 0.6 is 0 Å². The van der Waals surface area contributed by atoms with Crippen LogP contribution in [0.15, 0.2) is 91.0 Å². The Bertz CT molecular complexity index is 1280. The molecule has 0 aromatic heterocycles. The molecule has 0 fully saturated rings. The van der Waals surface area contributed by atoms with Crippen LogP contribution < -0.4 is 10.1 Å². The van der Waals surface area contributed by atoms with Crippen molar-refractivity contribution in [3.05, 3.63) is 113 Å². The van der Waals surface area contributed by atoms with E-state index in [9.17, 15) is 4.79 Å². The number of hydrogen-bond acceptors (Lipinski definition) is 4. The first-order valence-corrected chi connectivity index (χ1v) is 11.3. The number of esters is 1. The first kappa shape index (κ1) is 21.2. The summed E-state index contributed by atoms with van der Waals surface area (Å²) in [6.07, 6.45) is 0.867. The average molecular weight is 438 g/mol. The number of methoxy groups -OCH3 is 1. The number of para-hydroxylation sites is 1. The van der Waals surface area contributed by atoms with Gasteiger partial charge in [0.2, 0.25) is 0 Å². The van der Waals surface area contributed by atoms with Crippen molar-refractivity contribution in [1.82, 2.24) is 5.32 Å². The molecular weight excluding hydrogens is 410 g/mol. The number of rotatable bonds is 6. The molecule has 2 atom stereocenters. The number of ether oxygens (including phenoxy) is 2. The van der Waals surface area contributed by atoms with E-state index in [-0.39, 0.29) is 18.0 Å². The van der Waals surface area contributed by atoms with E-state index in [0.717, 1.165) is 36.4 Å². The fraction of sp³-hybridized carbons (Fsp3) is 0.207. The Morgan fingerprint density at radius 1 is 0.970 bits per heavy atom. The highest BCUT2D eigenvalue weighted by molar-refractivity contribution is 5.89. The molecule has 4 aromatic rings. The van der Waals surface area contributed by atoms with E-state index in [1.54, 1.807) is 6.07 Å². The summed E-state index contributed by atoms with van der Waals surface area (Å²) in [6.45, 7) is 1.52. The van der Waals surface area contributed by atoms with E-state index in [1.165, 1.54) is 23.4 Å². The van der Waals surface area contributed by atoms with Crippen molar-refractivity contribution in [1.29, 1.82) is 0 Å². The molecule has 0 saturated heterocycles. The van der Waals surface area contributed by atoms with Gasteiger partial charge in [-0.2, -0.15) is 0 Å². The summed E-state index contributed by atoms with van der Waals surface area (Å²) in [5.74, 6) is 0.753. The lowest BCUT2D eigenvalue weighted by Crippen LogP contribution is -2.35. The van der Waals surface area contributed by atoms with Gasteiger partial charge in [0, 0.05) is 24.6 Å². The van der Waals surface area contributed by atoms with E-state index in [0.29, 0.717) is 5.56 Å². The molecule has 1 N–H and O–H groups in total. The molecule has 0 amide bonds. The van der Waals surface area contributed by atoms with E-state index in [4.69, 9.17) is 9.47 Å². The van der Waals surface area contributed by atoms with Crippen molar-refractivity contribution >= 4 is 16.7 Å². The predicted octanol–water partition coefficient (Wildman–Crippen LogP) is 5.70. The third-order valence-corrected chi connectivity index (χ3v) is 6.36. The minimum absolute atomic E-state index is 0.0293. The van der Waals surface area contributed by atoms with Gasteiger partial charge in [0.15, 0.2) is 0 Å². The van der Waals surface area contributed by atoms with Crippen molar-refractivity contribution in [3.8, 4) is 5.75 Å². The number of benzene rings is 4. The van der Waals surface area contributed by atoms with Crippen molar-refractivity contribution < 1.29 is 14.3 Å². The summed E-state index contributed by atoms with van der Waals surface area (Å²) in [4.78, 5) is 12.1. The monoisotopic (exact) mass is 437 g/mol. The lowest BCUT2D eigenvalue weighted by molar-refractivity contribution is 0.0600. The summed E-state index contributed by atoms with van der Waals surface area (Å²) in [5.41, 5.74) is 4.12. The molecule has 33 heavy (non-hydrogen) atoms. The molecule has 2 unspecified atom stereocenters. The maximum atomic E-state index is 12.1. The van der Waals surface area contributed by atoms with Crippen molar-refractivity contribution in [3.63, 3.8) is 0 Å². The van der Waals surface area contributed by atoms with Gasteiger partial charge >= 0.3 is 5.97 Å². The third kappa shape index (κ3) is 4.48. The normalized spacial score (nSPS) is 17.2. The van der Waals surface area contributed by atoms with Gasteiger partial charge in [0.1, 0.15) is 11.9 Å². The molecule has 0 saturated carbocycles. The summed E-state index contributed by atoms with van der Waals surface area (Å²) >= 11 is 0. The molecule has 4 aromatic carbocycles. The van der Waals surface area contributed by atoms with Gasteiger partial charge in [-0.1, -0.05) is 72.8 Å². The Kier molecular flexibility index (Phi) is 6.09. The molecule has 0 aliphatic carbocycles. The zero-order chi connectivity index (χ0) is 22.6. The van der Waals surface area contributed by atoms with Gasteiger partial charge in [-0.25, -0.2) is 4.79 Å². The fourth-order valence-electron chi connectivity index (χ4n) is 4.75. The standard InChI is InChI=1S/C29H27NO3/c1-32-29(31)22-11-7-10-21(16-22)27-17-24(33-28-15-5-4-14-26(27)28)19-30-18-23-12-6-9-20-8-2-3-13-25(20)23/h2-16,24,27,30H,17-19H2,1H3. The molecule has 1 heterocycles. The largest absolute Gasteiger partial charge is 0.489 e. The van der Waals surface area contributed by atoms with Gasteiger partial charge in [0.25, 0.3) is 0 Å². The number of carbonyl (C=O) groups is 1. The van der Waals surface area contributed by atoms with Crippen molar-refractivity contribution in [2.45, 2.75) is 25.0 Å². The van der Waals surface area contributed by atoms with Crippen LogP contribution in [0.25, 0.3) is 10.8 Å². The molecule has 1 aliphatic heterocycles. The molecule has 4 nitrogen and oxygen atoms in total. The topological polar surface area (TPSA) is 47.6 Å². The van der Waals surface area contributed by atoms with Gasteiger partial charge < -0.3 is 14.8 Å². The smallest absolute Gasteiger partial charge is 0.337 e. The van der Waals surface area contributed by atoms with Gasteiger partial charge in [-0.3, -0.25) is 0 Å². The summed E-state index contributed by atoms with van der Waals surface area (Å²) in [5, 5.41) is 6.14. The second-order valence-electron chi connectivity index (χ2n) is 8.45. The molecule has 0 bridgehead atoms. The Morgan fingerprint density at radius 2 is 1.76 bits per heavy atom. The van der Waals surface area contributed by atoms with Crippen LogP contribution in [0.5, 0.6) is 5.75 Å². The van der Waals surface area contributed by atoms with Crippen LogP contribution in [0.3, 0.4) is 0 Å². The number of hydrogen-bond donors (Lipinski definition) is 1. The lowest BCUT2D eigenvalue weighted by Gasteiger charge is -2.33. The fourth-order valence-corrected chi connectivity index (χ4v) is 4.75. The molecule has 0 spiro atoms. The predicted molar refractivity (Wildman–Crippen MR) is 131 cm³/mol. The summed E-state index contributed by atoms with van der Waals surface area (Å²) in [7, 11) is 1.41. The van der Waals surface area contributed by atoms with E-state index in [2.05, 4.69) is 59.9 Å². The maximum Gasteiger partial charge on any atom is 0.337 e. The first-order valence-electron chi connectivity index (χ1n) is 11.3. The van der Waals surface area contributed by atoms with E-state index >= 15 is 0 Å². The average Bonchev–Trinajstić information content (AvgIpc) is 2.88. The first-order chi connectivity index (χ1) is 16.2. The Hall–Kier alpha value is -3.63. The molecule has 166 valence electrons. The van der Waals surface area contributed by atoms with Crippen LogP contribution in [-0.4, -0.2) is 25.7 Å². The SMILES string of the molecule is COC(=O)c1cccc(C2CC(CNCc3cccc4ccccc34)Oc3ccccc32)c1. The van der Waals surface area contributed by atoms with Crippen LogP contribution in [0.1, 0.15) is 39.4 Å². The van der Waals surface area contributed by atoms with Crippen LogP contribution in [-0.2, 0) is 11.3 Å². The number of carbonyl (C=O) groups excluding carboxylic acids is 1. The second kappa shape index (κ2) is 9.47. The zero-order valence-corrected chi connectivity index (χ0v) is 18.7. The van der Waals surface area contributed by atoms with Crippen molar-refractivity contribution in [2.75, 3.05) is 13.7 Å². The van der Waals surface area contributed by atoms with Gasteiger partial charge in [-0.05, 0) is 46.5 Å². The maximum absolute atomic E-state index is 12.1. The van der Waals surface area contributed by atoms with Gasteiger partial charge in [0.05, 0.1) is 12.7 Å². The van der Waals surface area contributed by atoms with Crippen molar-refractivity contribution in [2.24, 2.45) is 0 Å². The molecular formula is C29H27NO3. The Balaban J connectivity index is 1.34. The minimum Gasteiger partial charge on any atom is -0.489 e. The Labute approximate surface area is 194 Å². The third-order valence-electron chi connectivity index (χ3n) is 6.36. The molecule has 5 rings (SSSR count). The van der Waals surface area contributed by atoms with E-state index in [1.807, 2.05) is 30.3 Å². The minimum atomic E-state index is -0.314. The second-order valence-corrected chi connectivity index (χ2v) is 8.45. The Morgan fingerprint density at radius 3 is 2.67 bits per heavy atom. The quantitative estimate of drug-likeness (QED) is 0.393. The highest BCUT2D eigenvalue weighted by Gasteiger charge is 2.29. The highest BCUT2D eigenvalue weighted by Crippen LogP contribution is 2.40. The number of nitrogens with one attached hydrogen (secondary N) is 1. The van der Waals surface area contributed by atoms with Gasteiger partial charge in [-0.15, -0.1) is 0 Å². The number of fused-ring (bicyclic) bond motifs is 2. The molecule has 1 aliphatic rings. The summed E-state index contributed by atoms with van der Waals surface area (Å²) in [6, 6.07) is 30.8. The molecule has 0 radical (unpaired) electrons. The highest BCUT2D eigenvalue weighted by atomic mass is 16.5.